The van der Waals surface area contributed by atoms with Gasteiger partial charge in [-0.1, -0.05) is 0 Å². The van der Waals surface area contributed by atoms with Gasteiger partial charge in [-0.05, 0) is 61.2 Å². The van der Waals surface area contributed by atoms with E-state index < -0.39 is 0 Å². The fourth-order valence-corrected chi connectivity index (χ4v) is 2.66. The Bertz CT molecular complexity index is 327. The van der Waals surface area contributed by atoms with Crippen LogP contribution in [-0.2, 0) is 0 Å². The normalized spacial score (nSPS) is 15.6. The van der Waals surface area contributed by atoms with Crippen LogP contribution in [0, 0.1) is 11.7 Å². The van der Waals surface area contributed by atoms with Crippen LogP contribution in [0.15, 0.2) is 24.3 Å². The summed E-state index contributed by atoms with van der Waals surface area (Å²) in [5.74, 6) is 3.79. The first kappa shape index (κ1) is 12.7. The molecule has 1 aliphatic heterocycles. The summed E-state index contributed by atoms with van der Waals surface area (Å²) >= 11 is 1.99. The molecule has 0 aliphatic carbocycles. The third-order valence-corrected chi connectivity index (χ3v) is 4.02. The number of ether oxygens (including phenoxy) is 1. The van der Waals surface area contributed by atoms with E-state index in [4.69, 9.17) is 4.74 Å². The highest BCUT2D eigenvalue weighted by atomic mass is 32.2. The minimum Gasteiger partial charge on any atom is -0.494 e. The zero-order chi connectivity index (χ0) is 11.9. The lowest BCUT2D eigenvalue weighted by Gasteiger charge is -2.26. The maximum absolute atomic E-state index is 12.6. The van der Waals surface area contributed by atoms with Gasteiger partial charge in [-0.3, -0.25) is 0 Å². The Morgan fingerprint density at radius 1 is 1.29 bits per heavy atom. The zero-order valence-corrected chi connectivity index (χ0v) is 10.6. The summed E-state index contributed by atoms with van der Waals surface area (Å²) in [5.41, 5.74) is 0. The first-order chi connectivity index (χ1) is 8.34. The zero-order valence-electron chi connectivity index (χ0n) is 9.82. The molecule has 0 aromatic heterocycles. The lowest BCUT2D eigenvalue weighted by atomic mass is 10.1. The molecule has 2 nitrogen and oxygen atoms in total. The van der Waals surface area contributed by atoms with Gasteiger partial charge in [0.05, 0.1) is 6.61 Å². The Morgan fingerprint density at radius 2 is 2.06 bits per heavy atom. The largest absolute Gasteiger partial charge is 0.494 e. The van der Waals surface area contributed by atoms with E-state index in [2.05, 4.69) is 5.32 Å². The van der Waals surface area contributed by atoms with Crippen molar-refractivity contribution in [3.8, 4) is 5.75 Å². The smallest absolute Gasteiger partial charge is 0.123 e. The quantitative estimate of drug-likeness (QED) is 0.757. The molecule has 1 aromatic rings. The van der Waals surface area contributed by atoms with Crippen LogP contribution in [-0.4, -0.2) is 31.2 Å². The van der Waals surface area contributed by atoms with Gasteiger partial charge >= 0.3 is 0 Å². The molecule has 0 saturated carbocycles. The number of halogens is 1. The highest BCUT2D eigenvalue weighted by Gasteiger charge is 2.15. The molecule has 0 radical (unpaired) electrons. The molecule has 1 aliphatic rings. The fraction of sp³-hybridized carbons (Fsp3) is 0.538. The molecule has 0 amide bonds. The maximum atomic E-state index is 12.6. The monoisotopic (exact) mass is 255 g/mol. The van der Waals surface area contributed by atoms with Gasteiger partial charge in [0.2, 0.25) is 0 Å². The number of hydrogen-bond acceptors (Lipinski definition) is 3. The van der Waals surface area contributed by atoms with Crippen LogP contribution >= 0.6 is 11.8 Å². The van der Waals surface area contributed by atoms with Crippen molar-refractivity contribution in [2.24, 2.45) is 5.92 Å². The van der Waals surface area contributed by atoms with Crippen molar-refractivity contribution in [2.75, 3.05) is 31.2 Å². The first-order valence-electron chi connectivity index (χ1n) is 6.01. The maximum Gasteiger partial charge on any atom is 0.123 e. The number of nitrogens with one attached hydrogen (secondary N) is 1. The summed E-state index contributed by atoms with van der Waals surface area (Å²) in [4.78, 5) is 0. The van der Waals surface area contributed by atoms with E-state index in [0.717, 1.165) is 23.8 Å². The van der Waals surface area contributed by atoms with Crippen molar-refractivity contribution in [3.05, 3.63) is 30.1 Å². The van der Waals surface area contributed by atoms with E-state index in [1.807, 2.05) is 11.8 Å². The molecule has 0 bridgehead atoms. The van der Waals surface area contributed by atoms with Gasteiger partial charge in [-0.25, -0.2) is 4.39 Å². The molecule has 1 heterocycles. The van der Waals surface area contributed by atoms with Crippen molar-refractivity contribution in [3.63, 3.8) is 0 Å². The number of thioether (sulfide) groups is 1. The number of hydrogen-bond donors (Lipinski definition) is 1. The molecule has 0 atom stereocenters. The molecule has 1 saturated heterocycles. The lowest BCUT2D eigenvalue weighted by Crippen LogP contribution is -2.43. The number of rotatable bonds is 7. The molecule has 94 valence electrons. The SMILES string of the molecule is Fc1ccc(OCCCSCC2CNC2)cc1. The van der Waals surface area contributed by atoms with Gasteiger partial charge in [0.1, 0.15) is 11.6 Å². The summed E-state index contributed by atoms with van der Waals surface area (Å²) in [6.07, 6.45) is 1.04. The molecular weight excluding hydrogens is 237 g/mol. The van der Waals surface area contributed by atoms with Crippen LogP contribution in [0.25, 0.3) is 0 Å². The van der Waals surface area contributed by atoms with Crippen LogP contribution in [0.3, 0.4) is 0 Å². The molecule has 1 aromatic carbocycles. The Morgan fingerprint density at radius 3 is 2.71 bits per heavy atom. The van der Waals surface area contributed by atoms with E-state index in [9.17, 15) is 4.39 Å². The molecule has 2 rings (SSSR count). The van der Waals surface area contributed by atoms with Crippen molar-refractivity contribution in [2.45, 2.75) is 6.42 Å². The summed E-state index contributed by atoms with van der Waals surface area (Å²) in [5, 5.41) is 3.27. The molecule has 4 heteroatoms. The Kier molecular flexibility index (Phi) is 5.13. The lowest BCUT2D eigenvalue weighted by molar-refractivity contribution is 0.318. The first-order valence-corrected chi connectivity index (χ1v) is 7.17. The summed E-state index contributed by atoms with van der Waals surface area (Å²) < 4.78 is 18.1. The summed E-state index contributed by atoms with van der Waals surface area (Å²) in [6.45, 7) is 3.07. The third-order valence-electron chi connectivity index (χ3n) is 2.73. The van der Waals surface area contributed by atoms with Gasteiger partial charge < -0.3 is 10.1 Å². The van der Waals surface area contributed by atoms with Crippen molar-refractivity contribution < 1.29 is 9.13 Å². The van der Waals surface area contributed by atoms with Crippen molar-refractivity contribution >= 4 is 11.8 Å². The Hall–Kier alpha value is -0.740. The molecule has 0 spiro atoms. The van der Waals surface area contributed by atoms with Crippen molar-refractivity contribution in [1.82, 2.24) is 5.32 Å². The Balaban J connectivity index is 1.49. The van der Waals surface area contributed by atoms with E-state index in [0.29, 0.717) is 6.61 Å². The van der Waals surface area contributed by atoms with Crippen molar-refractivity contribution in [1.29, 1.82) is 0 Å². The predicted octanol–water partition coefficient (Wildman–Crippen LogP) is 2.55. The molecule has 0 unspecified atom stereocenters. The standard InChI is InChI=1S/C13H18FNOS/c14-12-2-4-13(5-3-12)16-6-1-7-17-10-11-8-15-9-11/h2-5,11,15H,1,6-10H2. The highest BCUT2D eigenvalue weighted by molar-refractivity contribution is 7.99. The van der Waals surface area contributed by atoms with Gasteiger partial charge in [0, 0.05) is 0 Å². The van der Waals surface area contributed by atoms with Gasteiger partial charge in [-0.2, -0.15) is 11.8 Å². The van der Waals surface area contributed by atoms with Crippen LogP contribution in [0.1, 0.15) is 6.42 Å². The third kappa shape index (κ3) is 4.56. The van der Waals surface area contributed by atoms with Gasteiger partial charge in [0.25, 0.3) is 0 Å². The van der Waals surface area contributed by atoms with E-state index in [1.165, 1.54) is 31.0 Å². The Labute approximate surface area is 106 Å². The molecule has 1 fully saturated rings. The minimum absolute atomic E-state index is 0.220. The second-order valence-electron chi connectivity index (χ2n) is 4.26. The molecular formula is C13H18FNOS. The second-order valence-corrected chi connectivity index (χ2v) is 5.40. The van der Waals surface area contributed by atoms with E-state index in [-0.39, 0.29) is 5.82 Å². The topological polar surface area (TPSA) is 21.3 Å². The fourth-order valence-electron chi connectivity index (χ4n) is 1.60. The van der Waals surface area contributed by atoms with Crippen LogP contribution in [0.5, 0.6) is 5.75 Å². The van der Waals surface area contributed by atoms with Gasteiger partial charge in [0.15, 0.2) is 0 Å². The minimum atomic E-state index is -0.220. The van der Waals surface area contributed by atoms with Gasteiger partial charge in [-0.15, -0.1) is 0 Å². The molecule has 17 heavy (non-hydrogen) atoms. The average Bonchev–Trinajstić information content (AvgIpc) is 2.28. The van der Waals surface area contributed by atoms with Crippen LogP contribution < -0.4 is 10.1 Å². The summed E-state index contributed by atoms with van der Waals surface area (Å²) in [6, 6.07) is 6.19. The average molecular weight is 255 g/mol. The number of benzene rings is 1. The summed E-state index contributed by atoms with van der Waals surface area (Å²) in [7, 11) is 0. The second kappa shape index (κ2) is 6.87. The highest BCUT2D eigenvalue weighted by Crippen LogP contribution is 2.14. The van der Waals surface area contributed by atoms with E-state index >= 15 is 0 Å². The van der Waals surface area contributed by atoms with Crippen LogP contribution in [0.2, 0.25) is 0 Å². The van der Waals surface area contributed by atoms with Crippen LogP contribution in [0.4, 0.5) is 4.39 Å². The van der Waals surface area contributed by atoms with E-state index in [1.54, 1.807) is 12.1 Å². The predicted molar refractivity (Wildman–Crippen MR) is 70.2 cm³/mol. The molecule has 1 N–H and O–H groups in total.